The van der Waals surface area contributed by atoms with Crippen LogP contribution >= 0.6 is 0 Å². The van der Waals surface area contributed by atoms with Crippen molar-refractivity contribution < 1.29 is 9.47 Å². The van der Waals surface area contributed by atoms with Gasteiger partial charge in [0.1, 0.15) is 0 Å². The van der Waals surface area contributed by atoms with Crippen LogP contribution < -0.4 is 0 Å². The monoisotopic (exact) mass is 266 g/mol. The molecule has 0 aromatic carbocycles. The highest BCUT2D eigenvalue weighted by Crippen LogP contribution is 2.54. The van der Waals surface area contributed by atoms with Gasteiger partial charge >= 0.3 is 0 Å². The normalized spacial score (nSPS) is 40.9. The molecule has 0 aromatic heterocycles. The smallest absolute Gasteiger partial charge is 0.0631 e. The molecule has 2 nitrogen and oxygen atoms in total. The quantitative estimate of drug-likeness (QED) is 0.699. The van der Waals surface area contributed by atoms with Crippen molar-refractivity contribution in [2.24, 2.45) is 23.7 Å². The predicted octanol–water partition coefficient (Wildman–Crippen LogP) is 4.03. The fourth-order valence-electron chi connectivity index (χ4n) is 4.80. The Hall–Kier alpha value is -0.0800. The van der Waals surface area contributed by atoms with Gasteiger partial charge < -0.3 is 9.47 Å². The van der Waals surface area contributed by atoms with Crippen LogP contribution in [-0.4, -0.2) is 24.9 Å². The van der Waals surface area contributed by atoms with Crippen molar-refractivity contribution in [1.29, 1.82) is 0 Å². The van der Waals surface area contributed by atoms with E-state index >= 15 is 0 Å². The van der Waals surface area contributed by atoms with Crippen molar-refractivity contribution in [2.45, 2.75) is 71.0 Å². The maximum absolute atomic E-state index is 6.25. The Kier molecular flexibility index (Phi) is 3.92. The molecule has 0 amide bonds. The summed E-state index contributed by atoms with van der Waals surface area (Å²) in [6.45, 7) is 8.07. The van der Waals surface area contributed by atoms with Crippen LogP contribution in [0.5, 0.6) is 0 Å². The first-order valence-corrected chi connectivity index (χ1v) is 8.27. The van der Waals surface area contributed by atoms with Crippen LogP contribution in [0.15, 0.2) is 0 Å². The van der Waals surface area contributed by atoms with Crippen molar-refractivity contribution in [1.82, 2.24) is 0 Å². The van der Waals surface area contributed by atoms with E-state index in [-0.39, 0.29) is 5.60 Å². The van der Waals surface area contributed by atoms with Crippen molar-refractivity contribution in [3.63, 3.8) is 0 Å². The Morgan fingerprint density at radius 2 is 1.42 bits per heavy atom. The minimum Gasteiger partial charge on any atom is -0.378 e. The van der Waals surface area contributed by atoms with Crippen molar-refractivity contribution in [3.05, 3.63) is 0 Å². The second-order valence-corrected chi connectivity index (χ2v) is 8.08. The van der Waals surface area contributed by atoms with Crippen LogP contribution in [0.3, 0.4) is 0 Å². The van der Waals surface area contributed by atoms with Crippen LogP contribution in [-0.2, 0) is 9.47 Å². The van der Waals surface area contributed by atoms with Gasteiger partial charge in [0.05, 0.1) is 11.7 Å². The predicted molar refractivity (Wildman–Crippen MR) is 77.1 cm³/mol. The molecule has 4 aliphatic rings. The maximum atomic E-state index is 6.25. The zero-order chi connectivity index (χ0) is 13.5. The van der Waals surface area contributed by atoms with E-state index in [1.165, 1.54) is 32.1 Å². The lowest BCUT2D eigenvalue weighted by Crippen LogP contribution is -2.49. The third-order valence-corrected chi connectivity index (χ3v) is 5.27. The molecule has 4 rings (SSSR count). The van der Waals surface area contributed by atoms with Crippen molar-refractivity contribution in [2.75, 3.05) is 13.2 Å². The van der Waals surface area contributed by atoms with Gasteiger partial charge in [0.15, 0.2) is 0 Å². The molecule has 0 radical (unpaired) electrons. The SMILES string of the molecule is CC(C)(C)OCCCOC1C2CC3CC(C2)CC1C3. The van der Waals surface area contributed by atoms with E-state index in [0.717, 1.165) is 43.3 Å². The molecule has 0 heterocycles. The van der Waals surface area contributed by atoms with E-state index < -0.39 is 0 Å². The largest absolute Gasteiger partial charge is 0.378 e. The summed E-state index contributed by atoms with van der Waals surface area (Å²) in [5.41, 5.74) is -0.0113. The number of hydrogen-bond donors (Lipinski definition) is 0. The lowest BCUT2D eigenvalue weighted by Gasteiger charge is -2.54. The topological polar surface area (TPSA) is 18.5 Å². The molecule has 4 fully saturated rings. The van der Waals surface area contributed by atoms with Crippen LogP contribution in [0, 0.1) is 23.7 Å². The van der Waals surface area contributed by atoms with Gasteiger partial charge in [0.25, 0.3) is 0 Å². The Morgan fingerprint density at radius 1 is 0.842 bits per heavy atom. The first-order valence-electron chi connectivity index (χ1n) is 8.27. The molecule has 0 saturated heterocycles. The molecule has 2 heteroatoms. The van der Waals surface area contributed by atoms with E-state index in [1.807, 2.05) is 0 Å². The Labute approximate surface area is 118 Å². The second-order valence-electron chi connectivity index (χ2n) is 8.08. The molecule has 110 valence electrons. The first kappa shape index (κ1) is 13.9. The summed E-state index contributed by atoms with van der Waals surface area (Å²) in [7, 11) is 0. The summed E-state index contributed by atoms with van der Waals surface area (Å²) in [5, 5.41) is 0. The van der Waals surface area contributed by atoms with Crippen LogP contribution in [0.4, 0.5) is 0 Å². The molecule has 0 spiro atoms. The summed E-state index contributed by atoms with van der Waals surface area (Å²) >= 11 is 0. The minimum atomic E-state index is -0.0113. The molecule has 4 saturated carbocycles. The minimum absolute atomic E-state index is 0.0113. The maximum Gasteiger partial charge on any atom is 0.0631 e. The average molecular weight is 266 g/mol. The zero-order valence-electron chi connectivity index (χ0n) is 12.9. The fraction of sp³-hybridized carbons (Fsp3) is 1.00. The Morgan fingerprint density at radius 3 is 1.95 bits per heavy atom. The summed E-state index contributed by atoms with van der Waals surface area (Å²) in [6.07, 6.45) is 8.97. The van der Waals surface area contributed by atoms with Gasteiger partial charge in [-0.25, -0.2) is 0 Å². The van der Waals surface area contributed by atoms with Crippen LogP contribution in [0.25, 0.3) is 0 Å². The second kappa shape index (κ2) is 5.37. The zero-order valence-corrected chi connectivity index (χ0v) is 12.9. The van der Waals surface area contributed by atoms with Gasteiger partial charge in [0, 0.05) is 13.2 Å². The third kappa shape index (κ3) is 3.33. The summed E-state index contributed by atoms with van der Waals surface area (Å²) in [5.74, 6) is 3.87. The molecule has 0 aliphatic heterocycles. The molecular formula is C17H30O2. The number of rotatable bonds is 5. The van der Waals surface area contributed by atoms with Crippen molar-refractivity contribution in [3.8, 4) is 0 Å². The fourth-order valence-corrected chi connectivity index (χ4v) is 4.80. The Balaban J connectivity index is 1.39. The van der Waals surface area contributed by atoms with Gasteiger partial charge in [-0.05, 0) is 83.0 Å². The molecule has 0 unspecified atom stereocenters. The highest BCUT2D eigenvalue weighted by molar-refractivity contribution is 4.98. The highest BCUT2D eigenvalue weighted by Gasteiger charge is 2.48. The highest BCUT2D eigenvalue weighted by atomic mass is 16.5. The molecule has 19 heavy (non-hydrogen) atoms. The van der Waals surface area contributed by atoms with Crippen LogP contribution in [0.2, 0.25) is 0 Å². The van der Waals surface area contributed by atoms with Gasteiger partial charge in [0.2, 0.25) is 0 Å². The Bertz CT molecular complexity index is 277. The number of ether oxygens (including phenoxy) is 2. The summed E-state index contributed by atoms with van der Waals surface area (Å²) < 4.78 is 12.0. The summed E-state index contributed by atoms with van der Waals surface area (Å²) in [6, 6.07) is 0. The van der Waals surface area contributed by atoms with Crippen molar-refractivity contribution >= 4 is 0 Å². The third-order valence-electron chi connectivity index (χ3n) is 5.27. The summed E-state index contributed by atoms with van der Waals surface area (Å²) in [4.78, 5) is 0. The molecule has 0 atom stereocenters. The first-order chi connectivity index (χ1) is 9.01. The molecule has 0 aromatic rings. The van der Waals surface area contributed by atoms with Gasteiger partial charge in [-0.15, -0.1) is 0 Å². The van der Waals surface area contributed by atoms with E-state index in [2.05, 4.69) is 20.8 Å². The number of hydrogen-bond acceptors (Lipinski definition) is 2. The lowest BCUT2D eigenvalue weighted by molar-refractivity contribution is -0.130. The standard InChI is InChI=1S/C17H30O2/c1-17(2,3)19-6-4-5-18-16-14-8-12-7-13(10-14)11-15(16)9-12/h12-16H,4-11H2,1-3H3. The van der Waals surface area contributed by atoms with Gasteiger partial charge in [-0.3, -0.25) is 0 Å². The molecular weight excluding hydrogens is 236 g/mol. The molecule has 4 aliphatic carbocycles. The average Bonchev–Trinajstić information content (AvgIpc) is 2.29. The van der Waals surface area contributed by atoms with E-state index in [4.69, 9.17) is 9.47 Å². The van der Waals surface area contributed by atoms with E-state index in [0.29, 0.717) is 6.10 Å². The lowest BCUT2D eigenvalue weighted by atomic mass is 9.55. The van der Waals surface area contributed by atoms with Gasteiger partial charge in [-0.1, -0.05) is 0 Å². The molecule has 0 N–H and O–H groups in total. The molecule has 4 bridgehead atoms. The van der Waals surface area contributed by atoms with Gasteiger partial charge in [-0.2, -0.15) is 0 Å². The van der Waals surface area contributed by atoms with Crippen LogP contribution in [0.1, 0.15) is 59.3 Å². The van der Waals surface area contributed by atoms with E-state index in [9.17, 15) is 0 Å². The van der Waals surface area contributed by atoms with E-state index in [1.54, 1.807) is 0 Å².